The molecule has 2 heterocycles. The third-order valence-electron chi connectivity index (χ3n) is 4.35. The van der Waals surface area contributed by atoms with Crippen LogP contribution in [0.1, 0.15) is 36.2 Å². The molecule has 142 valence electrons. The molecule has 1 amide bonds. The molecule has 0 spiro atoms. The van der Waals surface area contributed by atoms with Crippen LogP contribution in [-0.2, 0) is 0 Å². The van der Waals surface area contributed by atoms with Gasteiger partial charge in [-0.25, -0.2) is 4.98 Å². The summed E-state index contributed by atoms with van der Waals surface area (Å²) in [5, 5.41) is 9.59. The number of carbonyl (C=O) groups excluding carboxylic acids is 1. The van der Waals surface area contributed by atoms with E-state index in [4.69, 9.17) is 17.3 Å². The van der Waals surface area contributed by atoms with Gasteiger partial charge in [0.15, 0.2) is 0 Å². The highest BCUT2D eigenvalue weighted by atomic mass is 35.5. The number of amides is 1. The Morgan fingerprint density at radius 2 is 1.74 bits per heavy atom. The average Bonchev–Trinajstić information content (AvgIpc) is 2.95. The molecule has 0 bridgehead atoms. The van der Waals surface area contributed by atoms with E-state index in [9.17, 15) is 10.1 Å². The van der Waals surface area contributed by atoms with Gasteiger partial charge in [0.05, 0.1) is 5.69 Å². The second-order valence-corrected chi connectivity index (χ2v) is 6.20. The van der Waals surface area contributed by atoms with E-state index in [0.717, 1.165) is 44.0 Å². The molecule has 7 heteroatoms. The molecule has 1 aromatic carbocycles. The number of rotatable bonds is 3. The quantitative estimate of drug-likeness (QED) is 0.817. The largest absolute Gasteiger partial charge is 0.370 e. The zero-order valence-electron chi connectivity index (χ0n) is 15.7. The van der Waals surface area contributed by atoms with Crippen LogP contribution in [0.5, 0.6) is 0 Å². The maximum atomic E-state index is 11.2. The van der Waals surface area contributed by atoms with Crippen LogP contribution in [0.25, 0.3) is 0 Å². The van der Waals surface area contributed by atoms with Gasteiger partial charge < -0.3 is 15.5 Å². The van der Waals surface area contributed by atoms with Crippen molar-refractivity contribution in [2.24, 2.45) is 5.73 Å². The monoisotopic (exact) mass is 385 g/mol. The summed E-state index contributed by atoms with van der Waals surface area (Å²) in [6.45, 7) is 7.31. The molecule has 27 heavy (non-hydrogen) atoms. The van der Waals surface area contributed by atoms with Crippen LogP contribution in [0.3, 0.4) is 0 Å². The lowest BCUT2D eigenvalue weighted by molar-refractivity contribution is 0.100. The maximum absolute atomic E-state index is 11.2. The van der Waals surface area contributed by atoms with Crippen molar-refractivity contribution >= 4 is 28.9 Å². The maximum Gasteiger partial charge on any atom is 0.248 e. The van der Waals surface area contributed by atoms with Crippen LogP contribution in [0, 0.1) is 11.3 Å². The fraction of sp³-hybridized carbons (Fsp3) is 0.350. The molecular weight excluding hydrogens is 362 g/mol. The Morgan fingerprint density at radius 1 is 1.11 bits per heavy atom. The van der Waals surface area contributed by atoms with Crippen molar-refractivity contribution in [2.45, 2.75) is 20.3 Å². The number of benzene rings is 1. The minimum Gasteiger partial charge on any atom is -0.370 e. The number of aromatic nitrogens is 1. The van der Waals surface area contributed by atoms with Crippen LogP contribution in [0.2, 0.25) is 5.15 Å². The molecule has 0 unspecified atom stereocenters. The summed E-state index contributed by atoms with van der Waals surface area (Å²) in [6, 6.07) is 11.3. The second-order valence-electron chi connectivity index (χ2n) is 5.85. The van der Waals surface area contributed by atoms with Gasteiger partial charge in [0, 0.05) is 43.6 Å². The van der Waals surface area contributed by atoms with E-state index in [1.165, 1.54) is 0 Å². The number of primary amides is 1. The van der Waals surface area contributed by atoms with Crippen LogP contribution >= 0.6 is 11.6 Å². The molecule has 0 aliphatic carbocycles. The number of anilines is 2. The van der Waals surface area contributed by atoms with Gasteiger partial charge in [-0.15, -0.1) is 0 Å². The number of nitriles is 1. The Labute approximate surface area is 165 Å². The lowest BCUT2D eigenvalue weighted by Crippen LogP contribution is -2.31. The highest BCUT2D eigenvalue weighted by Crippen LogP contribution is 2.26. The minimum absolute atomic E-state index is 0.239. The van der Waals surface area contributed by atoms with Crippen molar-refractivity contribution in [1.82, 2.24) is 4.98 Å². The summed E-state index contributed by atoms with van der Waals surface area (Å²) in [6.07, 6.45) is 2.58. The third-order valence-corrected chi connectivity index (χ3v) is 4.63. The number of nitrogens with two attached hydrogens (primary N) is 1. The van der Waals surface area contributed by atoms with Gasteiger partial charge in [-0.2, -0.15) is 5.26 Å². The zero-order chi connectivity index (χ0) is 19.8. The molecule has 0 atom stereocenters. The van der Waals surface area contributed by atoms with Crippen molar-refractivity contribution in [2.75, 3.05) is 36.0 Å². The van der Waals surface area contributed by atoms with E-state index in [-0.39, 0.29) is 5.15 Å². The summed E-state index contributed by atoms with van der Waals surface area (Å²) in [4.78, 5) is 19.6. The van der Waals surface area contributed by atoms with Gasteiger partial charge in [-0.1, -0.05) is 25.4 Å². The Kier molecular flexibility index (Phi) is 7.44. The Balaban J connectivity index is 0.00000126. The van der Waals surface area contributed by atoms with Crippen molar-refractivity contribution in [1.29, 1.82) is 5.26 Å². The molecule has 6 nitrogen and oxygen atoms in total. The summed E-state index contributed by atoms with van der Waals surface area (Å²) in [5.74, 6) is -0.424. The van der Waals surface area contributed by atoms with Crippen molar-refractivity contribution in [3.05, 3.63) is 52.8 Å². The number of hydrogen-bond donors (Lipinski definition) is 1. The Bertz CT molecular complexity index is 816. The molecule has 1 fully saturated rings. The number of pyridine rings is 1. The highest BCUT2D eigenvalue weighted by molar-refractivity contribution is 6.30. The zero-order valence-corrected chi connectivity index (χ0v) is 16.4. The first kappa shape index (κ1) is 20.5. The van der Waals surface area contributed by atoms with Gasteiger partial charge in [-0.05, 0) is 36.8 Å². The molecule has 0 saturated carbocycles. The van der Waals surface area contributed by atoms with E-state index >= 15 is 0 Å². The van der Waals surface area contributed by atoms with Crippen LogP contribution < -0.4 is 15.5 Å². The summed E-state index contributed by atoms with van der Waals surface area (Å²) >= 11 is 6.05. The third kappa shape index (κ3) is 4.89. The van der Waals surface area contributed by atoms with Crippen LogP contribution in [0.15, 0.2) is 36.5 Å². The first-order valence-corrected chi connectivity index (χ1v) is 9.42. The molecule has 1 aliphatic rings. The van der Waals surface area contributed by atoms with E-state index in [0.29, 0.717) is 11.1 Å². The number of halogens is 1. The van der Waals surface area contributed by atoms with E-state index in [2.05, 4.69) is 20.9 Å². The van der Waals surface area contributed by atoms with Gasteiger partial charge in [-0.3, -0.25) is 4.79 Å². The molecule has 1 aromatic heterocycles. The van der Waals surface area contributed by atoms with E-state index in [1.54, 1.807) is 18.3 Å². The minimum atomic E-state index is -0.424. The first-order chi connectivity index (χ1) is 13.1. The predicted molar refractivity (Wildman–Crippen MR) is 109 cm³/mol. The van der Waals surface area contributed by atoms with Gasteiger partial charge in [0.1, 0.15) is 16.8 Å². The molecular formula is C20H24ClN5O. The van der Waals surface area contributed by atoms with Crippen molar-refractivity contribution < 1.29 is 4.79 Å². The first-order valence-electron chi connectivity index (χ1n) is 9.04. The fourth-order valence-electron chi connectivity index (χ4n) is 3.05. The lowest BCUT2D eigenvalue weighted by Gasteiger charge is -2.25. The molecule has 2 aromatic rings. The number of carbonyl (C=O) groups is 1. The van der Waals surface area contributed by atoms with E-state index in [1.807, 2.05) is 32.0 Å². The topological polar surface area (TPSA) is 86.3 Å². The van der Waals surface area contributed by atoms with Crippen molar-refractivity contribution in [3.63, 3.8) is 0 Å². The average molecular weight is 386 g/mol. The predicted octanol–water partition coefficient (Wildman–Crippen LogP) is 3.45. The van der Waals surface area contributed by atoms with Crippen LogP contribution in [-0.4, -0.2) is 37.1 Å². The standard InChI is InChI=1S/C18H18ClN5O.C2H6/c19-17-15(12-20)16(6-7-22-17)24-9-1-8-23(10-11-24)14-4-2-13(3-5-14)18(21)25;1-2/h2-7H,1,8-11H2,(H2,21,25);1-2H3. The Morgan fingerprint density at radius 3 is 2.37 bits per heavy atom. The number of nitrogens with zero attached hydrogens (tertiary/aromatic N) is 4. The Hall–Kier alpha value is -2.78. The molecule has 2 N–H and O–H groups in total. The van der Waals surface area contributed by atoms with Crippen molar-refractivity contribution in [3.8, 4) is 6.07 Å². The van der Waals surface area contributed by atoms with Gasteiger partial charge >= 0.3 is 0 Å². The van der Waals surface area contributed by atoms with Gasteiger partial charge in [0.2, 0.25) is 5.91 Å². The lowest BCUT2D eigenvalue weighted by atomic mass is 10.2. The SMILES string of the molecule is CC.N#Cc1c(N2CCCN(c3ccc(C(N)=O)cc3)CC2)ccnc1Cl. The highest BCUT2D eigenvalue weighted by Gasteiger charge is 2.19. The molecule has 1 saturated heterocycles. The molecule has 0 radical (unpaired) electrons. The smallest absolute Gasteiger partial charge is 0.248 e. The van der Waals surface area contributed by atoms with Gasteiger partial charge in [0.25, 0.3) is 0 Å². The second kappa shape index (κ2) is 9.79. The van der Waals surface area contributed by atoms with Crippen LogP contribution in [0.4, 0.5) is 11.4 Å². The molecule has 1 aliphatic heterocycles. The van der Waals surface area contributed by atoms with E-state index < -0.39 is 5.91 Å². The normalized spacial score (nSPS) is 13.9. The fourth-order valence-corrected chi connectivity index (χ4v) is 3.24. The summed E-state index contributed by atoms with van der Waals surface area (Å²) < 4.78 is 0. The molecule has 3 rings (SSSR count). The summed E-state index contributed by atoms with van der Waals surface area (Å²) in [5.41, 5.74) is 8.10. The summed E-state index contributed by atoms with van der Waals surface area (Å²) in [7, 11) is 0. The number of hydrogen-bond acceptors (Lipinski definition) is 5.